The molecule has 8 nitrogen and oxygen atoms in total. The van der Waals surface area contributed by atoms with Gasteiger partial charge in [0.05, 0.1) is 36.1 Å². The summed E-state index contributed by atoms with van der Waals surface area (Å²) in [4.78, 5) is 69.7. The summed E-state index contributed by atoms with van der Waals surface area (Å²) in [6, 6.07) is 24.3. The van der Waals surface area contributed by atoms with Crippen molar-refractivity contribution in [2.45, 2.75) is 35.0 Å². The first-order chi connectivity index (χ1) is 24.3. The Balaban J connectivity index is 1.10. The molecule has 12 heteroatoms. The maximum Gasteiger partial charge on any atom is 0.343 e. The Morgan fingerprint density at radius 2 is 1.24 bits per heavy atom. The van der Waals surface area contributed by atoms with Crippen LogP contribution in [0.1, 0.15) is 63.2 Å². The second kappa shape index (κ2) is 13.3. The van der Waals surface area contributed by atoms with Crippen LogP contribution in [0.4, 0.5) is 0 Å². The fraction of sp³-hybridized carbons (Fsp3) is 0.256. The van der Waals surface area contributed by atoms with Crippen molar-refractivity contribution < 1.29 is 33.4 Å². The molecular formula is C39H29Br2Cl2NO7. The first-order valence-electron chi connectivity index (χ1n) is 16.2. The second-order valence-electron chi connectivity index (χ2n) is 13.2. The molecule has 1 aliphatic heterocycles. The third-order valence-electron chi connectivity index (χ3n) is 9.79. The van der Waals surface area contributed by atoms with Crippen molar-refractivity contribution in [3.63, 3.8) is 0 Å². The topological polar surface area (TPSA) is 107 Å². The third-order valence-corrected chi connectivity index (χ3v) is 13.2. The SMILES string of the molecule is CC(C)CC(C(=O)OCC(=O)c1ccc(OC(=O)c2ccc(Cl)c(Cl)c2)cc1)N1C(=O)C2C(C1=O)C1(Br)c3ccccc3C2(Br)c2ccccc21. The van der Waals surface area contributed by atoms with E-state index in [1.807, 2.05) is 62.4 Å². The number of carbonyl (C=O) groups is 5. The number of halogens is 4. The number of amides is 2. The molecule has 51 heavy (non-hydrogen) atoms. The Bertz CT molecular complexity index is 2010. The molecule has 4 aromatic rings. The number of carbonyl (C=O) groups excluding carboxylic acids is 5. The average molecular weight is 854 g/mol. The molecule has 2 bridgehead atoms. The van der Waals surface area contributed by atoms with E-state index < -0.39 is 62.7 Å². The van der Waals surface area contributed by atoms with Crippen LogP contribution in [-0.2, 0) is 27.8 Å². The summed E-state index contributed by atoms with van der Waals surface area (Å²) in [5.41, 5.74) is 3.93. The fourth-order valence-electron chi connectivity index (χ4n) is 7.56. The molecule has 0 aromatic heterocycles. The number of nitrogens with zero attached hydrogens (tertiary/aromatic N) is 1. The van der Waals surface area contributed by atoms with Gasteiger partial charge < -0.3 is 9.47 Å². The predicted molar refractivity (Wildman–Crippen MR) is 198 cm³/mol. The highest BCUT2D eigenvalue weighted by atomic mass is 79.9. The molecule has 8 rings (SSSR count). The summed E-state index contributed by atoms with van der Waals surface area (Å²) in [6.07, 6.45) is 0.146. The maximum atomic E-state index is 14.6. The number of hydrogen-bond acceptors (Lipinski definition) is 7. The number of hydrogen-bond donors (Lipinski definition) is 0. The van der Waals surface area contributed by atoms with Crippen LogP contribution < -0.4 is 4.74 Å². The number of Topliss-reactive ketones (excluding diaryl/α,β-unsaturated/α-hetero) is 1. The molecule has 4 aromatic carbocycles. The highest BCUT2D eigenvalue weighted by molar-refractivity contribution is 9.10. The van der Waals surface area contributed by atoms with Crippen LogP contribution in [0.25, 0.3) is 0 Å². The first kappa shape index (κ1) is 35.6. The highest BCUT2D eigenvalue weighted by Gasteiger charge is 2.73. The van der Waals surface area contributed by atoms with Crippen LogP contribution in [0.3, 0.4) is 0 Å². The van der Waals surface area contributed by atoms with E-state index in [9.17, 15) is 24.0 Å². The normalized spacial score (nSPS) is 23.4. The first-order valence-corrected chi connectivity index (χ1v) is 18.5. The lowest BCUT2D eigenvalue weighted by Crippen LogP contribution is -2.56. The monoisotopic (exact) mass is 851 g/mol. The number of alkyl halides is 2. The van der Waals surface area contributed by atoms with E-state index in [2.05, 4.69) is 31.9 Å². The summed E-state index contributed by atoms with van der Waals surface area (Å²) in [5, 5.41) is 0.504. The molecule has 2 amide bonds. The number of ketones is 1. The van der Waals surface area contributed by atoms with E-state index in [1.54, 1.807) is 0 Å². The minimum Gasteiger partial charge on any atom is -0.456 e. The van der Waals surface area contributed by atoms with Crippen molar-refractivity contribution in [2.75, 3.05) is 6.61 Å². The zero-order chi connectivity index (χ0) is 36.4. The van der Waals surface area contributed by atoms with Gasteiger partial charge in [-0.2, -0.15) is 0 Å². The van der Waals surface area contributed by atoms with Crippen LogP contribution in [0, 0.1) is 17.8 Å². The number of ether oxygens (including phenoxy) is 2. The minimum absolute atomic E-state index is 0.0948. The van der Waals surface area contributed by atoms with Gasteiger partial charge >= 0.3 is 11.9 Å². The fourth-order valence-corrected chi connectivity index (χ4v) is 10.2. The van der Waals surface area contributed by atoms with E-state index in [-0.39, 0.29) is 34.2 Å². The molecular weight excluding hydrogens is 825 g/mol. The van der Waals surface area contributed by atoms with Crippen LogP contribution in [0.15, 0.2) is 91.0 Å². The summed E-state index contributed by atoms with van der Waals surface area (Å²) in [7, 11) is 0. The van der Waals surface area contributed by atoms with Gasteiger partial charge in [0.25, 0.3) is 0 Å². The lowest BCUT2D eigenvalue weighted by atomic mass is 9.54. The quantitative estimate of drug-likeness (QED) is 0.0549. The second-order valence-corrected chi connectivity index (χ2v) is 16.6. The number of likely N-dealkylation sites (tertiary alicyclic amines) is 1. The summed E-state index contributed by atoms with van der Waals surface area (Å²) in [5.74, 6) is -4.60. The van der Waals surface area contributed by atoms with Gasteiger partial charge in [-0.05, 0) is 77.1 Å². The van der Waals surface area contributed by atoms with Crippen molar-refractivity contribution in [1.82, 2.24) is 4.90 Å². The molecule has 3 unspecified atom stereocenters. The molecule has 4 aliphatic rings. The van der Waals surface area contributed by atoms with Crippen LogP contribution in [0.5, 0.6) is 5.75 Å². The van der Waals surface area contributed by atoms with Crippen LogP contribution in [-0.4, -0.2) is 47.1 Å². The molecule has 0 saturated carbocycles. The Kier molecular flexibility index (Phi) is 9.27. The average Bonchev–Trinajstić information content (AvgIpc) is 3.40. The van der Waals surface area contributed by atoms with Crippen molar-refractivity contribution >= 4 is 84.6 Å². The van der Waals surface area contributed by atoms with E-state index in [0.29, 0.717) is 5.02 Å². The van der Waals surface area contributed by atoms with Gasteiger partial charge in [0, 0.05) is 5.56 Å². The molecule has 0 N–H and O–H groups in total. The zero-order valence-corrected chi connectivity index (χ0v) is 31.9. The largest absolute Gasteiger partial charge is 0.456 e. The van der Waals surface area contributed by atoms with E-state index in [0.717, 1.165) is 27.2 Å². The van der Waals surface area contributed by atoms with Gasteiger partial charge in [0.2, 0.25) is 11.8 Å². The number of benzene rings is 4. The van der Waals surface area contributed by atoms with E-state index in [1.165, 1.54) is 42.5 Å². The van der Waals surface area contributed by atoms with Crippen molar-refractivity contribution in [3.8, 4) is 5.75 Å². The number of imide groups is 1. The Morgan fingerprint density at radius 1 is 0.745 bits per heavy atom. The minimum atomic E-state index is -1.25. The molecule has 3 atom stereocenters. The van der Waals surface area contributed by atoms with E-state index >= 15 is 0 Å². The zero-order valence-electron chi connectivity index (χ0n) is 27.2. The molecule has 1 saturated heterocycles. The number of rotatable bonds is 9. The molecule has 260 valence electrons. The van der Waals surface area contributed by atoms with Crippen molar-refractivity contribution in [2.24, 2.45) is 17.8 Å². The van der Waals surface area contributed by atoms with E-state index in [4.69, 9.17) is 32.7 Å². The smallest absolute Gasteiger partial charge is 0.343 e. The Hall–Kier alpha value is -3.83. The molecule has 1 fully saturated rings. The van der Waals surface area contributed by atoms with Crippen LogP contribution in [0.2, 0.25) is 10.0 Å². The number of esters is 2. The lowest BCUT2D eigenvalue weighted by Gasteiger charge is -2.55. The van der Waals surface area contributed by atoms with Crippen LogP contribution >= 0.6 is 55.1 Å². The molecule has 0 radical (unpaired) electrons. The molecule has 3 aliphatic carbocycles. The van der Waals surface area contributed by atoms with Crippen molar-refractivity contribution in [1.29, 1.82) is 0 Å². The highest BCUT2D eigenvalue weighted by Crippen LogP contribution is 2.70. The standard InChI is InChI=1S/C39H29Br2Cl2NO7/c1-20(2)17-30(37(49)50-19-31(45)21-11-14-23(15-12-21)51-36(48)22-13-16-28(42)29(43)18-22)44-34(46)32-33(35(44)47)39(41)25-8-4-3-7-24(25)38(32,40)26-9-5-6-10-27(26)39/h3-16,18,20,30,32-33H,17,19H2,1-2H3. The van der Waals surface area contributed by atoms with Gasteiger partial charge in [-0.1, -0.05) is 117 Å². The summed E-state index contributed by atoms with van der Waals surface area (Å²) < 4.78 is 8.89. The van der Waals surface area contributed by atoms with Gasteiger partial charge in [-0.3, -0.25) is 19.3 Å². The predicted octanol–water partition coefficient (Wildman–Crippen LogP) is 8.26. The Labute approximate surface area is 320 Å². The molecule has 0 spiro atoms. The van der Waals surface area contributed by atoms with Gasteiger partial charge in [0.15, 0.2) is 12.4 Å². The Morgan fingerprint density at radius 3 is 1.71 bits per heavy atom. The maximum absolute atomic E-state index is 14.6. The third kappa shape index (κ3) is 5.66. The van der Waals surface area contributed by atoms with Gasteiger partial charge in [0.1, 0.15) is 11.8 Å². The summed E-state index contributed by atoms with van der Waals surface area (Å²) >= 11 is 19.9. The summed E-state index contributed by atoms with van der Waals surface area (Å²) in [6.45, 7) is 3.14. The van der Waals surface area contributed by atoms with Crippen molar-refractivity contribution in [3.05, 3.63) is 134 Å². The molecule has 1 heterocycles. The van der Waals surface area contributed by atoms with Gasteiger partial charge in [-0.25, -0.2) is 9.59 Å². The van der Waals surface area contributed by atoms with Gasteiger partial charge in [-0.15, -0.1) is 0 Å². The lowest BCUT2D eigenvalue weighted by molar-refractivity contribution is -0.159.